The Morgan fingerprint density at radius 1 is 1.50 bits per heavy atom. The van der Waals surface area contributed by atoms with Crippen LogP contribution in [0.25, 0.3) is 0 Å². The van der Waals surface area contributed by atoms with Crippen molar-refractivity contribution >= 4 is 27.1 Å². The third-order valence-corrected chi connectivity index (χ3v) is 4.31. The molecule has 78 valence electrons. The second kappa shape index (κ2) is 4.10. The minimum Gasteiger partial charge on any atom is -0.462 e. The Bertz CT molecular complexity index is 430. The van der Waals surface area contributed by atoms with Crippen molar-refractivity contribution in [1.29, 1.82) is 0 Å². The Morgan fingerprint density at radius 3 is 2.57 bits per heavy atom. The summed E-state index contributed by atoms with van der Waals surface area (Å²) >= 11 is 0.925. The normalized spacial score (nSPS) is 11.3. The second-order valence-electron chi connectivity index (χ2n) is 2.61. The van der Waals surface area contributed by atoms with Crippen LogP contribution < -0.4 is 0 Å². The Balaban J connectivity index is 2.94. The molecule has 0 radical (unpaired) electrons. The Hall–Kier alpha value is -0.880. The lowest BCUT2D eigenvalue weighted by atomic mass is 10.5. The van der Waals surface area contributed by atoms with E-state index in [4.69, 9.17) is 4.74 Å². The van der Waals surface area contributed by atoms with E-state index >= 15 is 0 Å². The summed E-state index contributed by atoms with van der Waals surface area (Å²) < 4.78 is 27.1. The van der Waals surface area contributed by atoms with Crippen molar-refractivity contribution in [3.63, 3.8) is 0 Å². The molecule has 0 fully saturated rings. The van der Waals surface area contributed by atoms with Crippen LogP contribution in [0.15, 0.2) is 16.3 Å². The molecule has 1 aromatic rings. The first-order valence-electron chi connectivity index (χ1n) is 3.92. The lowest BCUT2D eigenvalue weighted by molar-refractivity contribution is 0.0532. The number of hydrogen-bond donors (Lipinski definition) is 0. The molecule has 4 nitrogen and oxygen atoms in total. The standard InChI is InChI=1S/C8H10O4S2/c1-3-12-8(9)6-4-5-7(13-6)14(2,10)11/h4-5H,3H2,1-2H3. The number of thiophene rings is 1. The molecule has 14 heavy (non-hydrogen) atoms. The lowest BCUT2D eigenvalue weighted by Gasteiger charge is -1.96. The maximum absolute atomic E-state index is 11.2. The zero-order valence-corrected chi connectivity index (χ0v) is 9.44. The molecule has 0 spiro atoms. The summed E-state index contributed by atoms with van der Waals surface area (Å²) in [6, 6.07) is 2.87. The van der Waals surface area contributed by atoms with E-state index in [1.165, 1.54) is 12.1 Å². The van der Waals surface area contributed by atoms with E-state index in [-0.39, 0.29) is 10.8 Å². The van der Waals surface area contributed by atoms with Gasteiger partial charge in [-0.3, -0.25) is 0 Å². The van der Waals surface area contributed by atoms with Gasteiger partial charge in [-0.2, -0.15) is 0 Å². The quantitative estimate of drug-likeness (QED) is 0.740. The summed E-state index contributed by atoms with van der Waals surface area (Å²) in [5.74, 6) is -0.479. The van der Waals surface area contributed by atoms with Crippen molar-refractivity contribution in [1.82, 2.24) is 0 Å². The van der Waals surface area contributed by atoms with Crippen molar-refractivity contribution in [3.8, 4) is 0 Å². The molecule has 0 bridgehead atoms. The highest BCUT2D eigenvalue weighted by atomic mass is 32.2. The number of carbonyl (C=O) groups is 1. The fourth-order valence-corrected chi connectivity index (χ4v) is 2.65. The third kappa shape index (κ3) is 2.55. The molecule has 0 aromatic carbocycles. The zero-order valence-electron chi connectivity index (χ0n) is 7.81. The second-order valence-corrected chi connectivity index (χ2v) is 5.94. The van der Waals surface area contributed by atoms with E-state index in [2.05, 4.69) is 0 Å². The number of rotatable bonds is 3. The Labute approximate surface area is 86.4 Å². The van der Waals surface area contributed by atoms with Gasteiger partial charge >= 0.3 is 5.97 Å². The molecule has 0 saturated heterocycles. The monoisotopic (exact) mass is 234 g/mol. The fraction of sp³-hybridized carbons (Fsp3) is 0.375. The molecular weight excluding hydrogens is 224 g/mol. The first-order valence-corrected chi connectivity index (χ1v) is 6.63. The summed E-state index contributed by atoms with van der Waals surface area (Å²) in [5, 5.41) is 0. The highest BCUT2D eigenvalue weighted by Crippen LogP contribution is 2.21. The maximum atomic E-state index is 11.2. The molecule has 0 N–H and O–H groups in total. The Morgan fingerprint density at radius 2 is 2.14 bits per heavy atom. The fourth-order valence-electron chi connectivity index (χ4n) is 0.831. The van der Waals surface area contributed by atoms with Gasteiger partial charge in [-0.1, -0.05) is 0 Å². The summed E-state index contributed by atoms with van der Waals surface area (Å²) in [6.07, 6.45) is 1.10. The molecule has 0 atom stereocenters. The van der Waals surface area contributed by atoms with Crippen molar-refractivity contribution < 1.29 is 17.9 Å². The van der Waals surface area contributed by atoms with E-state index in [1.54, 1.807) is 6.92 Å². The molecule has 0 unspecified atom stereocenters. The molecule has 6 heteroatoms. The maximum Gasteiger partial charge on any atom is 0.348 e. The highest BCUT2D eigenvalue weighted by molar-refractivity contribution is 7.92. The highest BCUT2D eigenvalue weighted by Gasteiger charge is 2.15. The average Bonchev–Trinajstić information content (AvgIpc) is 2.51. The minimum absolute atomic E-state index is 0.181. The van der Waals surface area contributed by atoms with E-state index < -0.39 is 15.8 Å². The Kier molecular flexibility index (Phi) is 3.28. The average molecular weight is 234 g/mol. The van der Waals surface area contributed by atoms with E-state index in [0.717, 1.165) is 17.6 Å². The van der Waals surface area contributed by atoms with Crippen molar-refractivity contribution in [2.45, 2.75) is 11.1 Å². The zero-order chi connectivity index (χ0) is 10.8. The molecule has 0 aliphatic carbocycles. The lowest BCUT2D eigenvalue weighted by Crippen LogP contribution is -2.01. The van der Waals surface area contributed by atoms with Gasteiger partial charge in [-0.05, 0) is 19.1 Å². The van der Waals surface area contributed by atoms with Gasteiger partial charge in [0.05, 0.1) is 6.61 Å². The van der Waals surface area contributed by atoms with Crippen molar-refractivity contribution in [2.24, 2.45) is 0 Å². The van der Waals surface area contributed by atoms with Crippen LogP contribution in [-0.2, 0) is 14.6 Å². The smallest absolute Gasteiger partial charge is 0.348 e. The molecule has 1 heterocycles. The minimum atomic E-state index is -3.22. The number of carbonyl (C=O) groups excluding carboxylic acids is 1. The van der Waals surface area contributed by atoms with Crippen LogP contribution in [0.3, 0.4) is 0 Å². The van der Waals surface area contributed by atoms with Crippen LogP contribution >= 0.6 is 11.3 Å². The van der Waals surface area contributed by atoms with Gasteiger partial charge in [-0.25, -0.2) is 13.2 Å². The van der Waals surface area contributed by atoms with Gasteiger partial charge in [0.2, 0.25) is 0 Å². The van der Waals surface area contributed by atoms with E-state index in [0.29, 0.717) is 4.88 Å². The first kappa shape index (κ1) is 11.2. The van der Waals surface area contributed by atoms with Gasteiger partial charge in [0, 0.05) is 6.26 Å². The number of sulfone groups is 1. The molecule has 0 amide bonds. The predicted molar refractivity (Wildman–Crippen MR) is 53.4 cm³/mol. The number of hydrogen-bond acceptors (Lipinski definition) is 5. The summed E-state index contributed by atoms with van der Waals surface area (Å²) in [6.45, 7) is 1.98. The molecule has 1 aromatic heterocycles. The van der Waals surface area contributed by atoms with E-state index in [1.807, 2.05) is 0 Å². The van der Waals surface area contributed by atoms with Crippen LogP contribution in [0.5, 0.6) is 0 Å². The SMILES string of the molecule is CCOC(=O)c1ccc(S(C)(=O)=O)s1. The van der Waals surface area contributed by atoms with Crippen LogP contribution in [0.4, 0.5) is 0 Å². The van der Waals surface area contributed by atoms with Crippen molar-refractivity contribution in [3.05, 3.63) is 17.0 Å². The van der Waals surface area contributed by atoms with Gasteiger partial charge in [0.1, 0.15) is 9.09 Å². The van der Waals surface area contributed by atoms with Crippen LogP contribution in [-0.4, -0.2) is 27.2 Å². The first-order chi connectivity index (χ1) is 6.45. The van der Waals surface area contributed by atoms with Gasteiger partial charge in [-0.15, -0.1) is 11.3 Å². The van der Waals surface area contributed by atoms with Crippen LogP contribution in [0.2, 0.25) is 0 Å². The van der Waals surface area contributed by atoms with Crippen LogP contribution in [0, 0.1) is 0 Å². The van der Waals surface area contributed by atoms with Gasteiger partial charge in [0.15, 0.2) is 9.84 Å². The molecule has 0 aliphatic heterocycles. The molecular formula is C8H10O4S2. The summed E-state index contributed by atoms with van der Waals surface area (Å²) in [4.78, 5) is 11.5. The molecule has 0 saturated carbocycles. The summed E-state index contributed by atoms with van der Waals surface area (Å²) in [5.41, 5.74) is 0. The van der Waals surface area contributed by atoms with E-state index in [9.17, 15) is 13.2 Å². The topological polar surface area (TPSA) is 60.4 Å². The largest absolute Gasteiger partial charge is 0.462 e. The number of esters is 1. The van der Waals surface area contributed by atoms with Gasteiger partial charge in [0.25, 0.3) is 0 Å². The third-order valence-electron chi connectivity index (χ3n) is 1.42. The van der Waals surface area contributed by atoms with Crippen LogP contribution in [0.1, 0.15) is 16.6 Å². The summed E-state index contributed by atoms with van der Waals surface area (Å²) in [7, 11) is -3.22. The predicted octanol–water partition coefficient (Wildman–Crippen LogP) is 1.33. The van der Waals surface area contributed by atoms with Gasteiger partial charge < -0.3 is 4.74 Å². The number of ether oxygens (including phenoxy) is 1. The molecule has 0 aliphatic rings. The van der Waals surface area contributed by atoms with Crippen molar-refractivity contribution in [2.75, 3.05) is 12.9 Å². The molecule has 1 rings (SSSR count).